The Morgan fingerprint density at radius 3 is 2.15 bits per heavy atom. The van der Waals surface area contributed by atoms with Crippen molar-refractivity contribution in [2.75, 3.05) is 14.2 Å². The van der Waals surface area contributed by atoms with E-state index in [4.69, 9.17) is 9.47 Å². The van der Waals surface area contributed by atoms with Crippen LogP contribution in [0.15, 0.2) is 40.9 Å². The minimum atomic E-state index is -0.392. The summed E-state index contributed by atoms with van der Waals surface area (Å²) in [5.41, 5.74) is 1.77. The van der Waals surface area contributed by atoms with Crippen LogP contribution in [0.4, 0.5) is 4.39 Å². The quantitative estimate of drug-likeness (QED) is 0.748. The van der Waals surface area contributed by atoms with Crippen LogP contribution in [-0.2, 0) is 0 Å². The molecule has 4 heteroatoms. The van der Waals surface area contributed by atoms with Crippen LogP contribution in [0.5, 0.6) is 11.5 Å². The van der Waals surface area contributed by atoms with Gasteiger partial charge in [-0.05, 0) is 51.3 Å². The van der Waals surface area contributed by atoms with Gasteiger partial charge in [-0.1, -0.05) is 24.3 Å². The summed E-state index contributed by atoms with van der Waals surface area (Å²) in [7, 11) is 3.07. The summed E-state index contributed by atoms with van der Waals surface area (Å²) in [6.07, 6.45) is 3.75. The Hall–Kier alpha value is -1.81. The SMILES string of the molecule is COc1ccc(C=Cc2cc(F)c(OC)c(Br)c2)cc1. The van der Waals surface area contributed by atoms with Crippen LogP contribution in [0.1, 0.15) is 11.1 Å². The maximum absolute atomic E-state index is 13.7. The van der Waals surface area contributed by atoms with E-state index in [2.05, 4.69) is 15.9 Å². The van der Waals surface area contributed by atoms with E-state index in [1.165, 1.54) is 13.2 Å². The van der Waals surface area contributed by atoms with Crippen molar-refractivity contribution in [1.82, 2.24) is 0 Å². The van der Waals surface area contributed by atoms with Crippen LogP contribution < -0.4 is 9.47 Å². The Morgan fingerprint density at radius 1 is 0.950 bits per heavy atom. The van der Waals surface area contributed by atoms with Crippen LogP contribution in [-0.4, -0.2) is 14.2 Å². The minimum Gasteiger partial charge on any atom is -0.497 e. The van der Waals surface area contributed by atoms with Gasteiger partial charge in [0, 0.05) is 0 Å². The molecule has 0 aromatic heterocycles. The van der Waals surface area contributed by atoms with E-state index in [0.29, 0.717) is 4.47 Å². The second kappa shape index (κ2) is 6.57. The van der Waals surface area contributed by atoms with Crippen LogP contribution in [0.2, 0.25) is 0 Å². The lowest BCUT2D eigenvalue weighted by Crippen LogP contribution is -1.90. The summed E-state index contributed by atoms with van der Waals surface area (Å²) < 4.78 is 24.4. The normalized spacial score (nSPS) is 10.8. The molecular formula is C16H14BrFO2. The molecule has 2 rings (SSSR count). The molecule has 0 bridgehead atoms. The first-order valence-electron chi connectivity index (χ1n) is 5.99. The van der Waals surface area contributed by atoms with Crippen molar-refractivity contribution in [2.45, 2.75) is 0 Å². The van der Waals surface area contributed by atoms with Gasteiger partial charge in [0.2, 0.25) is 0 Å². The van der Waals surface area contributed by atoms with Gasteiger partial charge in [0.15, 0.2) is 11.6 Å². The van der Waals surface area contributed by atoms with Crippen molar-refractivity contribution in [1.29, 1.82) is 0 Å². The molecule has 0 saturated heterocycles. The summed E-state index contributed by atoms with van der Waals surface area (Å²) >= 11 is 3.29. The highest BCUT2D eigenvalue weighted by molar-refractivity contribution is 9.10. The Morgan fingerprint density at radius 2 is 1.60 bits per heavy atom. The van der Waals surface area contributed by atoms with Gasteiger partial charge in [0.1, 0.15) is 5.75 Å². The molecule has 0 unspecified atom stereocenters. The van der Waals surface area contributed by atoms with E-state index >= 15 is 0 Å². The van der Waals surface area contributed by atoms with Gasteiger partial charge in [-0.3, -0.25) is 0 Å². The predicted molar refractivity (Wildman–Crippen MR) is 82.6 cm³/mol. The molecule has 0 amide bonds. The lowest BCUT2D eigenvalue weighted by atomic mass is 10.1. The van der Waals surface area contributed by atoms with Crippen LogP contribution in [0.25, 0.3) is 12.2 Å². The molecule has 0 atom stereocenters. The molecule has 0 saturated carbocycles. The van der Waals surface area contributed by atoms with E-state index < -0.39 is 5.82 Å². The molecule has 2 nitrogen and oxygen atoms in total. The molecule has 0 radical (unpaired) electrons. The van der Waals surface area contributed by atoms with E-state index in [1.807, 2.05) is 42.5 Å². The second-order valence-corrected chi connectivity index (χ2v) is 4.98. The summed E-state index contributed by atoms with van der Waals surface area (Å²) in [5, 5.41) is 0. The molecule has 2 aromatic carbocycles. The third kappa shape index (κ3) is 3.39. The smallest absolute Gasteiger partial charge is 0.168 e. The third-order valence-corrected chi connectivity index (χ3v) is 3.40. The molecule has 104 valence electrons. The van der Waals surface area contributed by atoms with E-state index in [9.17, 15) is 4.39 Å². The summed E-state index contributed by atoms with van der Waals surface area (Å²) in [5.74, 6) is 0.628. The van der Waals surface area contributed by atoms with Gasteiger partial charge < -0.3 is 9.47 Å². The molecule has 0 aliphatic rings. The first kappa shape index (κ1) is 14.6. The van der Waals surface area contributed by atoms with Gasteiger partial charge in [0.25, 0.3) is 0 Å². The van der Waals surface area contributed by atoms with Crippen LogP contribution >= 0.6 is 15.9 Å². The van der Waals surface area contributed by atoms with E-state index in [0.717, 1.165) is 16.9 Å². The number of ether oxygens (including phenoxy) is 2. The first-order chi connectivity index (χ1) is 9.63. The summed E-state index contributed by atoms with van der Waals surface area (Å²) in [6.45, 7) is 0. The van der Waals surface area contributed by atoms with E-state index in [-0.39, 0.29) is 5.75 Å². The number of hydrogen-bond acceptors (Lipinski definition) is 2. The second-order valence-electron chi connectivity index (χ2n) is 4.12. The molecule has 0 N–H and O–H groups in total. The average molecular weight is 337 g/mol. The lowest BCUT2D eigenvalue weighted by molar-refractivity contribution is 0.383. The van der Waals surface area contributed by atoms with Gasteiger partial charge in [-0.25, -0.2) is 4.39 Å². The highest BCUT2D eigenvalue weighted by atomic mass is 79.9. The van der Waals surface area contributed by atoms with Crippen molar-refractivity contribution < 1.29 is 13.9 Å². The van der Waals surface area contributed by atoms with Crippen molar-refractivity contribution in [2.24, 2.45) is 0 Å². The topological polar surface area (TPSA) is 18.5 Å². The molecule has 0 fully saturated rings. The Bertz CT molecular complexity index is 598. The third-order valence-electron chi connectivity index (χ3n) is 2.81. The predicted octanol–water partition coefficient (Wildman–Crippen LogP) is 4.78. The maximum atomic E-state index is 13.7. The van der Waals surface area contributed by atoms with Crippen molar-refractivity contribution in [3.63, 3.8) is 0 Å². The zero-order valence-corrected chi connectivity index (χ0v) is 12.8. The fourth-order valence-corrected chi connectivity index (χ4v) is 2.39. The largest absolute Gasteiger partial charge is 0.497 e. The molecule has 0 spiro atoms. The van der Waals surface area contributed by atoms with Crippen molar-refractivity contribution in [3.05, 3.63) is 57.8 Å². The number of benzene rings is 2. The molecule has 0 aliphatic heterocycles. The molecule has 0 aliphatic carbocycles. The average Bonchev–Trinajstić information content (AvgIpc) is 2.45. The van der Waals surface area contributed by atoms with E-state index in [1.54, 1.807) is 7.11 Å². The minimum absolute atomic E-state index is 0.214. The van der Waals surface area contributed by atoms with Gasteiger partial charge >= 0.3 is 0 Å². The highest BCUT2D eigenvalue weighted by Crippen LogP contribution is 2.30. The van der Waals surface area contributed by atoms with Crippen LogP contribution in [0, 0.1) is 5.82 Å². The highest BCUT2D eigenvalue weighted by Gasteiger charge is 2.08. The molecular weight excluding hydrogens is 323 g/mol. The monoisotopic (exact) mass is 336 g/mol. The van der Waals surface area contributed by atoms with Crippen molar-refractivity contribution in [3.8, 4) is 11.5 Å². The molecule has 20 heavy (non-hydrogen) atoms. The first-order valence-corrected chi connectivity index (χ1v) is 6.78. The molecule has 0 heterocycles. The number of halogens is 2. The Labute approximate surface area is 126 Å². The van der Waals surface area contributed by atoms with Crippen LogP contribution in [0.3, 0.4) is 0 Å². The lowest BCUT2D eigenvalue weighted by Gasteiger charge is -2.05. The summed E-state index contributed by atoms with van der Waals surface area (Å²) in [4.78, 5) is 0. The fraction of sp³-hybridized carbons (Fsp3) is 0.125. The molecule has 2 aromatic rings. The standard InChI is InChI=1S/C16H14BrFO2/c1-19-13-7-5-11(6-8-13)3-4-12-9-14(17)16(20-2)15(18)10-12/h3-10H,1-2H3. The van der Waals surface area contributed by atoms with Gasteiger partial charge in [0.05, 0.1) is 18.7 Å². The number of methoxy groups -OCH3 is 2. The zero-order valence-electron chi connectivity index (χ0n) is 11.2. The Kier molecular flexibility index (Phi) is 4.79. The Balaban J connectivity index is 2.22. The van der Waals surface area contributed by atoms with Gasteiger partial charge in [-0.2, -0.15) is 0 Å². The van der Waals surface area contributed by atoms with Crippen molar-refractivity contribution >= 4 is 28.1 Å². The summed E-state index contributed by atoms with van der Waals surface area (Å²) in [6, 6.07) is 10.9. The zero-order chi connectivity index (χ0) is 14.5. The van der Waals surface area contributed by atoms with Gasteiger partial charge in [-0.15, -0.1) is 0 Å². The number of rotatable bonds is 4. The maximum Gasteiger partial charge on any atom is 0.168 e. The fourth-order valence-electron chi connectivity index (χ4n) is 1.78. The number of hydrogen-bond donors (Lipinski definition) is 0.